The van der Waals surface area contributed by atoms with E-state index in [2.05, 4.69) is 43.0 Å². The van der Waals surface area contributed by atoms with E-state index in [1.165, 1.54) is 11.1 Å². The second-order valence-electron chi connectivity index (χ2n) is 5.68. The number of nitrogens with zero attached hydrogens (tertiary/aromatic N) is 1. The molecule has 1 unspecified atom stereocenters. The maximum absolute atomic E-state index is 11.1. The van der Waals surface area contributed by atoms with E-state index in [9.17, 15) is 4.79 Å². The van der Waals surface area contributed by atoms with Gasteiger partial charge in [0.1, 0.15) is 6.04 Å². The molecule has 2 rings (SSSR count). The fraction of sp³-hybridized carbons (Fsp3) is 0.562. The lowest BCUT2D eigenvalue weighted by atomic mass is 10.0. The second-order valence-corrected chi connectivity index (χ2v) is 5.68. The van der Waals surface area contributed by atoms with Crippen LogP contribution in [-0.2, 0) is 11.2 Å². The van der Waals surface area contributed by atoms with Crippen LogP contribution in [0.15, 0.2) is 24.3 Å². The van der Waals surface area contributed by atoms with Crippen LogP contribution in [0.5, 0.6) is 0 Å². The Kier molecular flexibility index (Phi) is 4.59. The summed E-state index contributed by atoms with van der Waals surface area (Å²) < 4.78 is 0. The van der Waals surface area contributed by atoms with Gasteiger partial charge in [0.05, 0.1) is 0 Å². The van der Waals surface area contributed by atoms with Gasteiger partial charge < -0.3 is 5.11 Å². The van der Waals surface area contributed by atoms with Crippen LogP contribution in [0.1, 0.15) is 43.7 Å². The highest BCUT2D eigenvalue weighted by Gasteiger charge is 2.29. The number of carbonyl (C=O) groups is 1. The molecule has 104 valence electrons. The van der Waals surface area contributed by atoms with Crippen LogP contribution < -0.4 is 0 Å². The number of hydrogen-bond acceptors (Lipinski definition) is 2. The Bertz CT molecular complexity index is 425. The molecule has 3 heteroatoms. The minimum absolute atomic E-state index is 0.269. The van der Waals surface area contributed by atoms with Crippen molar-refractivity contribution in [3.05, 3.63) is 35.4 Å². The van der Waals surface area contributed by atoms with E-state index < -0.39 is 5.97 Å². The summed E-state index contributed by atoms with van der Waals surface area (Å²) in [5, 5.41) is 9.14. The lowest BCUT2D eigenvalue weighted by Gasteiger charge is -2.20. The number of benzene rings is 1. The number of carboxylic acid groups (broad SMARTS) is 1. The summed E-state index contributed by atoms with van der Waals surface area (Å²) in [6, 6.07) is 8.43. The number of likely N-dealkylation sites (tertiary alicyclic amines) is 1. The Hall–Kier alpha value is -1.35. The van der Waals surface area contributed by atoms with Crippen LogP contribution in [0.3, 0.4) is 0 Å². The first-order valence-electron chi connectivity index (χ1n) is 7.13. The number of carboxylic acids is 1. The highest BCUT2D eigenvalue weighted by Crippen LogP contribution is 2.19. The molecule has 0 saturated carbocycles. The Balaban J connectivity index is 1.90. The maximum Gasteiger partial charge on any atom is 0.320 e. The lowest BCUT2D eigenvalue weighted by Crippen LogP contribution is -2.37. The van der Waals surface area contributed by atoms with Gasteiger partial charge in [0.15, 0.2) is 0 Å². The van der Waals surface area contributed by atoms with E-state index in [1.54, 1.807) is 0 Å². The first-order valence-corrected chi connectivity index (χ1v) is 7.13. The number of hydrogen-bond donors (Lipinski definition) is 1. The minimum Gasteiger partial charge on any atom is -0.480 e. The van der Waals surface area contributed by atoms with Crippen molar-refractivity contribution in [2.75, 3.05) is 13.1 Å². The van der Waals surface area contributed by atoms with Gasteiger partial charge in [-0.1, -0.05) is 38.1 Å². The highest BCUT2D eigenvalue weighted by atomic mass is 16.4. The van der Waals surface area contributed by atoms with Crippen molar-refractivity contribution >= 4 is 5.97 Å². The molecule has 1 aliphatic rings. The molecule has 0 aliphatic carbocycles. The van der Waals surface area contributed by atoms with E-state index >= 15 is 0 Å². The van der Waals surface area contributed by atoms with Crippen molar-refractivity contribution in [2.45, 2.75) is 45.1 Å². The summed E-state index contributed by atoms with van der Waals surface area (Å²) in [4.78, 5) is 13.2. The zero-order chi connectivity index (χ0) is 13.8. The van der Waals surface area contributed by atoms with Crippen molar-refractivity contribution in [1.29, 1.82) is 0 Å². The van der Waals surface area contributed by atoms with E-state index in [4.69, 9.17) is 5.11 Å². The van der Waals surface area contributed by atoms with Gasteiger partial charge in [0.25, 0.3) is 0 Å². The third-order valence-corrected chi connectivity index (χ3v) is 3.98. The molecule has 0 bridgehead atoms. The molecule has 1 fully saturated rings. The molecule has 1 saturated heterocycles. The largest absolute Gasteiger partial charge is 0.480 e. The average molecular weight is 261 g/mol. The Morgan fingerprint density at radius 3 is 2.63 bits per heavy atom. The Morgan fingerprint density at radius 2 is 2.05 bits per heavy atom. The molecule has 0 amide bonds. The van der Waals surface area contributed by atoms with Crippen molar-refractivity contribution in [1.82, 2.24) is 4.90 Å². The molecular formula is C16H23NO2. The van der Waals surface area contributed by atoms with Gasteiger partial charge in [-0.25, -0.2) is 0 Å². The highest BCUT2D eigenvalue weighted by molar-refractivity contribution is 5.73. The molecule has 3 nitrogen and oxygen atoms in total. The molecule has 1 N–H and O–H groups in total. The topological polar surface area (TPSA) is 40.5 Å². The van der Waals surface area contributed by atoms with E-state index in [1.807, 2.05) is 0 Å². The fourth-order valence-electron chi connectivity index (χ4n) is 2.72. The molecule has 19 heavy (non-hydrogen) atoms. The van der Waals surface area contributed by atoms with Gasteiger partial charge >= 0.3 is 5.97 Å². The SMILES string of the molecule is CC(C)c1ccc(CCN2CCCC2C(=O)O)cc1. The summed E-state index contributed by atoms with van der Waals surface area (Å²) in [6.45, 7) is 6.15. The van der Waals surface area contributed by atoms with Crippen LogP contribution in [0, 0.1) is 0 Å². The molecule has 1 aromatic rings. The quantitative estimate of drug-likeness (QED) is 0.886. The van der Waals surface area contributed by atoms with Crippen LogP contribution in [0.2, 0.25) is 0 Å². The number of rotatable bonds is 5. The lowest BCUT2D eigenvalue weighted by molar-refractivity contribution is -0.142. The van der Waals surface area contributed by atoms with Gasteiger partial charge in [-0.15, -0.1) is 0 Å². The van der Waals surface area contributed by atoms with Crippen LogP contribution >= 0.6 is 0 Å². The standard InChI is InChI=1S/C16H23NO2/c1-12(2)14-7-5-13(6-8-14)9-11-17-10-3-4-15(17)16(18)19/h5-8,12,15H,3-4,9-11H2,1-2H3,(H,18,19). The summed E-state index contributed by atoms with van der Waals surface area (Å²) >= 11 is 0. The first kappa shape index (κ1) is 14.1. The molecule has 1 aromatic carbocycles. The molecule has 1 atom stereocenters. The zero-order valence-electron chi connectivity index (χ0n) is 11.8. The molecule has 1 heterocycles. The smallest absolute Gasteiger partial charge is 0.320 e. The van der Waals surface area contributed by atoms with Gasteiger partial charge in [-0.3, -0.25) is 9.69 Å². The minimum atomic E-state index is -0.673. The Morgan fingerprint density at radius 1 is 1.37 bits per heavy atom. The Labute approximate surface area is 115 Å². The van der Waals surface area contributed by atoms with Gasteiger partial charge in [-0.05, 0) is 42.9 Å². The zero-order valence-corrected chi connectivity index (χ0v) is 11.8. The predicted molar refractivity (Wildman–Crippen MR) is 76.5 cm³/mol. The van der Waals surface area contributed by atoms with Gasteiger partial charge in [0, 0.05) is 6.54 Å². The molecule has 0 aromatic heterocycles. The number of aliphatic carboxylic acids is 1. The average Bonchev–Trinajstić information content (AvgIpc) is 2.85. The van der Waals surface area contributed by atoms with Crippen LogP contribution in [0.4, 0.5) is 0 Å². The summed E-state index contributed by atoms with van der Waals surface area (Å²) in [5.74, 6) is -0.114. The molecular weight excluding hydrogens is 238 g/mol. The maximum atomic E-state index is 11.1. The molecule has 0 spiro atoms. The van der Waals surface area contributed by atoms with Crippen molar-refractivity contribution in [3.63, 3.8) is 0 Å². The predicted octanol–water partition coefficient (Wildman–Crippen LogP) is 2.90. The van der Waals surface area contributed by atoms with E-state index in [-0.39, 0.29) is 6.04 Å². The first-order chi connectivity index (χ1) is 9.08. The monoisotopic (exact) mass is 261 g/mol. The van der Waals surface area contributed by atoms with Crippen molar-refractivity contribution in [2.24, 2.45) is 0 Å². The molecule has 0 radical (unpaired) electrons. The third-order valence-electron chi connectivity index (χ3n) is 3.98. The second kappa shape index (κ2) is 6.20. The third kappa shape index (κ3) is 3.57. The van der Waals surface area contributed by atoms with Crippen LogP contribution in [0.25, 0.3) is 0 Å². The van der Waals surface area contributed by atoms with E-state index in [0.29, 0.717) is 5.92 Å². The fourth-order valence-corrected chi connectivity index (χ4v) is 2.72. The van der Waals surface area contributed by atoms with E-state index in [0.717, 1.165) is 32.4 Å². The molecule has 1 aliphatic heterocycles. The van der Waals surface area contributed by atoms with Gasteiger partial charge in [-0.2, -0.15) is 0 Å². The van der Waals surface area contributed by atoms with Crippen molar-refractivity contribution in [3.8, 4) is 0 Å². The summed E-state index contributed by atoms with van der Waals surface area (Å²) in [5.41, 5.74) is 2.65. The summed E-state index contributed by atoms with van der Waals surface area (Å²) in [7, 11) is 0. The van der Waals surface area contributed by atoms with Gasteiger partial charge in [0.2, 0.25) is 0 Å². The normalized spacial score (nSPS) is 20.1. The summed E-state index contributed by atoms with van der Waals surface area (Å²) in [6.07, 6.45) is 2.73. The van der Waals surface area contributed by atoms with Crippen molar-refractivity contribution < 1.29 is 9.90 Å². The van der Waals surface area contributed by atoms with Crippen LogP contribution in [-0.4, -0.2) is 35.1 Å².